The molecule has 0 N–H and O–H groups in total. The summed E-state index contributed by atoms with van der Waals surface area (Å²) in [6.07, 6.45) is 3.11. The molecule has 1 saturated heterocycles. The number of esters is 1. The zero-order valence-electron chi connectivity index (χ0n) is 7.69. The van der Waals surface area contributed by atoms with E-state index in [-0.39, 0.29) is 24.6 Å². The lowest BCUT2D eigenvalue weighted by atomic mass is 10.0. The molecule has 13 heavy (non-hydrogen) atoms. The van der Waals surface area contributed by atoms with E-state index in [1.807, 2.05) is 0 Å². The maximum Gasteiger partial charge on any atom is 0.308 e. The van der Waals surface area contributed by atoms with Crippen molar-refractivity contribution in [2.45, 2.75) is 37.9 Å². The van der Waals surface area contributed by atoms with Crippen LogP contribution in [0.25, 0.3) is 0 Å². The van der Waals surface area contributed by atoms with Crippen molar-refractivity contribution in [3.8, 4) is 0 Å². The molecule has 0 saturated carbocycles. The highest BCUT2D eigenvalue weighted by Crippen LogP contribution is 2.20. The summed E-state index contributed by atoms with van der Waals surface area (Å²) in [4.78, 5) is 21.3. The smallest absolute Gasteiger partial charge is 0.308 e. The molecule has 74 valence electrons. The van der Waals surface area contributed by atoms with E-state index < -0.39 is 0 Å². The Morgan fingerprint density at radius 2 is 2.38 bits per heavy atom. The number of hydrogen-bond acceptors (Lipinski definition) is 4. The van der Waals surface area contributed by atoms with Gasteiger partial charge in [0.1, 0.15) is 12.4 Å². The fourth-order valence-corrected chi connectivity index (χ4v) is 1.45. The van der Waals surface area contributed by atoms with Crippen molar-refractivity contribution in [3.63, 3.8) is 0 Å². The third kappa shape index (κ3) is 3.14. The minimum absolute atomic E-state index is 0.142. The number of aldehydes is 1. The number of methoxy groups -OCH3 is 1. The van der Waals surface area contributed by atoms with Gasteiger partial charge in [0.2, 0.25) is 0 Å². The van der Waals surface area contributed by atoms with E-state index in [2.05, 4.69) is 4.74 Å². The molecule has 0 radical (unpaired) electrons. The number of ether oxygens (including phenoxy) is 2. The van der Waals surface area contributed by atoms with Gasteiger partial charge in [-0.2, -0.15) is 0 Å². The van der Waals surface area contributed by atoms with Crippen molar-refractivity contribution in [3.05, 3.63) is 0 Å². The Hall–Kier alpha value is -0.900. The number of carbonyl (C=O) groups excluding carboxylic acids is 2. The fraction of sp³-hybridized carbons (Fsp3) is 0.778. The summed E-state index contributed by atoms with van der Waals surface area (Å²) >= 11 is 0. The highest BCUT2D eigenvalue weighted by molar-refractivity contribution is 5.69. The quantitative estimate of drug-likeness (QED) is 0.480. The van der Waals surface area contributed by atoms with Crippen molar-refractivity contribution in [2.24, 2.45) is 0 Å². The standard InChI is InChI=1S/C9H14O4/c1-12-9(11)5-7-3-2-4-8(6-10)13-7/h6-8H,2-5H2,1H3. The normalized spacial score (nSPS) is 28.1. The average Bonchev–Trinajstić information content (AvgIpc) is 2.18. The molecule has 0 spiro atoms. The topological polar surface area (TPSA) is 52.6 Å². The molecule has 0 aromatic carbocycles. The van der Waals surface area contributed by atoms with E-state index in [0.717, 1.165) is 25.5 Å². The van der Waals surface area contributed by atoms with Crippen LogP contribution in [-0.2, 0) is 19.1 Å². The lowest BCUT2D eigenvalue weighted by Gasteiger charge is -2.25. The Morgan fingerprint density at radius 1 is 1.62 bits per heavy atom. The van der Waals surface area contributed by atoms with Gasteiger partial charge in [-0.05, 0) is 19.3 Å². The van der Waals surface area contributed by atoms with Crippen LogP contribution in [0.2, 0.25) is 0 Å². The second-order valence-electron chi connectivity index (χ2n) is 3.14. The molecule has 2 atom stereocenters. The maximum absolute atomic E-state index is 10.9. The van der Waals surface area contributed by atoms with Crippen molar-refractivity contribution in [1.82, 2.24) is 0 Å². The van der Waals surface area contributed by atoms with Crippen LogP contribution in [0.5, 0.6) is 0 Å². The molecule has 0 aromatic rings. The van der Waals surface area contributed by atoms with E-state index in [1.165, 1.54) is 7.11 Å². The second-order valence-corrected chi connectivity index (χ2v) is 3.14. The molecule has 4 heteroatoms. The highest BCUT2D eigenvalue weighted by atomic mass is 16.5. The molecule has 1 fully saturated rings. The molecule has 1 aliphatic rings. The van der Waals surface area contributed by atoms with Crippen LogP contribution in [0.15, 0.2) is 0 Å². The molecule has 4 nitrogen and oxygen atoms in total. The molecular formula is C9H14O4. The van der Waals surface area contributed by atoms with Crippen molar-refractivity contribution in [1.29, 1.82) is 0 Å². The van der Waals surface area contributed by atoms with E-state index in [1.54, 1.807) is 0 Å². The molecule has 2 unspecified atom stereocenters. The van der Waals surface area contributed by atoms with Gasteiger partial charge >= 0.3 is 5.97 Å². The number of carbonyl (C=O) groups is 2. The van der Waals surface area contributed by atoms with Crippen LogP contribution in [-0.4, -0.2) is 31.6 Å². The molecule has 0 amide bonds. The first-order chi connectivity index (χ1) is 6.26. The Morgan fingerprint density at radius 3 is 3.00 bits per heavy atom. The predicted octanol–water partition coefficient (Wildman–Crippen LogP) is 0.686. The van der Waals surface area contributed by atoms with E-state index in [9.17, 15) is 9.59 Å². The predicted molar refractivity (Wildman–Crippen MR) is 45.2 cm³/mol. The van der Waals surface area contributed by atoms with Crippen LogP contribution in [0, 0.1) is 0 Å². The lowest BCUT2D eigenvalue weighted by Crippen LogP contribution is -2.30. The van der Waals surface area contributed by atoms with Crippen LogP contribution < -0.4 is 0 Å². The fourth-order valence-electron chi connectivity index (χ4n) is 1.45. The largest absolute Gasteiger partial charge is 0.469 e. The van der Waals surface area contributed by atoms with Gasteiger partial charge in [-0.15, -0.1) is 0 Å². The van der Waals surface area contributed by atoms with Gasteiger partial charge in [-0.1, -0.05) is 0 Å². The van der Waals surface area contributed by atoms with Gasteiger partial charge in [0.25, 0.3) is 0 Å². The zero-order valence-corrected chi connectivity index (χ0v) is 7.69. The summed E-state index contributed by atoms with van der Waals surface area (Å²) < 4.78 is 9.85. The van der Waals surface area contributed by atoms with Gasteiger partial charge in [0.05, 0.1) is 19.6 Å². The third-order valence-electron chi connectivity index (χ3n) is 2.16. The first-order valence-electron chi connectivity index (χ1n) is 4.44. The Kier molecular flexibility index (Phi) is 3.89. The molecule has 1 aliphatic heterocycles. The SMILES string of the molecule is COC(=O)CC1CCCC(C=O)O1. The first kappa shape index (κ1) is 10.2. The first-order valence-corrected chi connectivity index (χ1v) is 4.44. The summed E-state index contributed by atoms with van der Waals surface area (Å²) in [5, 5.41) is 0. The second kappa shape index (κ2) is 4.97. The molecule has 1 rings (SSSR count). The lowest BCUT2D eigenvalue weighted by molar-refractivity contribution is -0.148. The summed E-state index contributed by atoms with van der Waals surface area (Å²) in [6.45, 7) is 0. The van der Waals surface area contributed by atoms with Gasteiger partial charge in [-0.25, -0.2) is 0 Å². The molecule has 0 aromatic heterocycles. The molecule has 1 heterocycles. The Labute approximate surface area is 77.2 Å². The van der Waals surface area contributed by atoms with Gasteiger partial charge in [-0.3, -0.25) is 4.79 Å². The molecular weight excluding hydrogens is 172 g/mol. The van der Waals surface area contributed by atoms with Gasteiger partial charge in [0.15, 0.2) is 0 Å². The van der Waals surface area contributed by atoms with Crippen molar-refractivity contribution >= 4 is 12.3 Å². The van der Waals surface area contributed by atoms with E-state index >= 15 is 0 Å². The number of hydrogen-bond donors (Lipinski definition) is 0. The monoisotopic (exact) mass is 186 g/mol. The zero-order chi connectivity index (χ0) is 9.68. The Bertz CT molecular complexity index is 190. The van der Waals surface area contributed by atoms with Crippen molar-refractivity contribution < 1.29 is 19.1 Å². The maximum atomic E-state index is 10.9. The van der Waals surface area contributed by atoms with Crippen molar-refractivity contribution in [2.75, 3.05) is 7.11 Å². The van der Waals surface area contributed by atoms with Crippen LogP contribution in [0.4, 0.5) is 0 Å². The Balaban J connectivity index is 2.33. The summed E-state index contributed by atoms with van der Waals surface area (Å²) in [6, 6.07) is 0. The minimum atomic E-state index is -0.330. The molecule has 0 aliphatic carbocycles. The van der Waals surface area contributed by atoms with Gasteiger partial charge < -0.3 is 14.3 Å². The number of rotatable bonds is 3. The highest BCUT2D eigenvalue weighted by Gasteiger charge is 2.23. The average molecular weight is 186 g/mol. The summed E-state index contributed by atoms with van der Waals surface area (Å²) in [5.74, 6) is -0.281. The van der Waals surface area contributed by atoms with Crippen LogP contribution >= 0.6 is 0 Å². The van der Waals surface area contributed by atoms with E-state index in [0.29, 0.717) is 0 Å². The van der Waals surface area contributed by atoms with Gasteiger partial charge in [0, 0.05) is 0 Å². The summed E-state index contributed by atoms with van der Waals surface area (Å²) in [7, 11) is 1.35. The minimum Gasteiger partial charge on any atom is -0.469 e. The summed E-state index contributed by atoms with van der Waals surface area (Å²) in [5.41, 5.74) is 0. The molecule has 0 bridgehead atoms. The van der Waals surface area contributed by atoms with E-state index in [4.69, 9.17) is 4.74 Å². The van der Waals surface area contributed by atoms with Crippen LogP contribution in [0.3, 0.4) is 0 Å². The third-order valence-corrected chi connectivity index (χ3v) is 2.16. The van der Waals surface area contributed by atoms with Crippen LogP contribution in [0.1, 0.15) is 25.7 Å².